The van der Waals surface area contributed by atoms with E-state index in [2.05, 4.69) is 4.74 Å². The number of methoxy groups -OCH3 is 3. The molecule has 0 spiro atoms. The molecule has 0 radical (unpaired) electrons. The number of hydrogen-bond donors (Lipinski definition) is 3. The molecule has 3 atom stereocenters. The van der Waals surface area contributed by atoms with Crippen LogP contribution in [0.15, 0.2) is 0 Å². The monoisotopic (exact) mass is 680 g/mol. The molecule has 0 bridgehead atoms. The van der Waals surface area contributed by atoms with Gasteiger partial charge < -0.3 is 29.5 Å². The van der Waals surface area contributed by atoms with Gasteiger partial charge in [-0.1, -0.05) is 20.8 Å². The Morgan fingerprint density at radius 1 is 0.739 bits per heavy atom. The smallest absolute Gasteiger partial charge is 0.0799 e. The summed E-state index contributed by atoms with van der Waals surface area (Å²) < 4.78 is 14.2. The first-order valence-electron chi connectivity index (χ1n) is 7.45. The van der Waals surface area contributed by atoms with Crippen molar-refractivity contribution in [3.8, 4) is 0 Å². The maximum absolute atomic E-state index is 8.73. The van der Waals surface area contributed by atoms with E-state index >= 15 is 0 Å². The van der Waals surface area contributed by atoms with Gasteiger partial charge in [-0.25, -0.2) is 0 Å². The summed E-state index contributed by atoms with van der Waals surface area (Å²) in [6.07, 6.45) is 2.35. The third-order valence-electron chi connectivity index (χ3n) is 2.81. The van der Waals surface area contributed by atoms with Crippen LogP contribution in [0.3, 0.4) is 0 Å². The maximum atomic E-state index is 8.73. The van der Waals surface area contributed by atoms with E-state index in [9.17, 15) is 0 Å². The summed E-state index contributed by atoms with van der Waals surface area (Å²) in [7, 11) is 4.79. The quantitative estimate of drug-likeness (QED) is 0.340. The molecule has 0 fully saturated rings. The SMILES string of the molecule is CCC(CO)OC.CCC(CO)OC.CCC(O)COC.[W].[W]. The number of ether oxygens (including phenoxy) is 3. The fourth-order valence-electron chi connectivity index (χ4n) is 1.05. The molecule has 0 saturated heterocycles. The molecular weight excluding hydrogens is 644 g/mol. The molecule has 6 nitrogen and oxygen atoms in total. The largest absolute Gasteiger partial charge is 0.394 e. The average molecular weight is 680 g/mol. The molecule has 144 valence electrons. The van der Waals surface area contributed by atoms with Gasteiger partial charge in [-0.05, 0) is 19.3 Å². The Bertz CT molecular complexity index is 147. The van der Waals surface area contributed by atoms with Gasteiger partial charge in [0, 0.05) is 63.5 Å². The van der Waals surface area contributed by atoms with Gasteiger partial charge in [0.15, 0.2) is 0 Å². The first-order valence-corrected chi connectivity index (χ1v) is 7.45. The molecule has 0 saturated carbocycles. The van der Waals surface area contributed by atoms with Gasteiger partial charge in [-0.15, -0.1) is 0 Å². The van der Waals surface area contributed by atoms with E-state index in [-0.39, 0.29) is 73.7 Å². The Kier molecular flexibility index (Phi) is 47.5. The summed E-state index contributed by atoms with van der Waals surface area (Å²) in [5, 5.41) is 25.5. The molecule has 0 amide bonds. The van der Waals surface area contributed by atoms with Crippen LogP contribution in [0.2, 0.25) is 0 Å². The number of aliphatic hydroxyl groups excluding tert-OH is 3. The molecule has 0 aromatic carbocycles. The van der Waals surface area contributed by atoms with E-state index in [0.717, 1.165) is 19.3 Å². The second-order valence-corrected chi connectivity index (χ2v) is 4.41. The molecule has 3 N–H and O–H groups in total. The Hall–Kier alpha value is 1.14. The van der Waals surface area contributed by atoms with Crippen molar-refractivity contribution in [1.29, 1.82) is 0 Å². The predicted molar refractivity (Wildman–Crippen MR) is 84.5 cm³/mol. The van der Waals surface area contributed by atoms with Gasteiger partial charge in [0.25, 0.3) is 0 Å². The van der Waals surface area contributed by atoms with Crippen LogP contribution in [0.25, 0.3) is 0 Å². The molecule has 23 heavy (non-hydrogen) atoms. The van der Waals surface area contributed by atoms with Crippen LogP contribution in [-0.2, 0) is 56.3 Å². The summed E-state index contributed by atoms with van der Waals surface area (Å²) in [6.45, 7) is 6.59. The van der Waals surface area contributed by atoms with Crippen LogP contribution < -0.4 is 0 Å². The third-order valence-corrected chi connectivity index (χ3v) is 2.81. The van der Waals surface area contributed by atoms with E-state index < -0.39 is 0 Å². The minimum Gasteiger partial charge on any atom is -0.394 e. The van der Waals surface area contributed by atoms with Crippen LogP contribution in [0, 0.1) is 0 Å². The van der Waals surface area contributed by atoms with Gasteiger partial charge in [0.05, 0.1) is 38.1 Å². The van der Waals surface area contributed by atoms with Crippen LogP contribution in [0.5, 0.6) is 0 Å². The third kappa shape index (κ3) is 31.4. The summed E-state index contributed by atoms with van der Waals surface area (Å²) in [6, 6.07) is 0. The minimum absolute atomic E-state index is 0. The number of rotatable bonds is 9. The van der Waals surface area contributed by atoms with Gasteiger partial charge >= 0.3 is 0 Å². The van der Waals surface area contributed by atoms with Gasteiger partial charge in [0.2, 0.25) is 0 Å². The Morgan fingerprint density at radius 2 is 1.09 bits per heavy atom. The van der Waals surface area contributed by atoms with Gasteiger partial charge in [-0.3, -0.25) is 0 Å². The van der Waals surface area contributed by atoms with Crippen molar-refractivity contribution in [3.63, 3.8) is 0 Å². The average Bonchev–Trinajstić information content (AvgIpc) is 2.52. The van der Waals surface area contributed by atoms with Gasteiger partial charge in [-0.2, -0.15) is 0 Å². The first kappa shape index (κ1) is 35.3. The van der Waals surface area contributed by atoms with E-state index in [0.29, 0.717) is 6.61 Å². The van der Waals surface area contributed by atoms with Crippen LogP contribution >= 0.6 is 0 Å². The Labute approximate surface area is 170 Å². The summed E-state index contributed by atoms with van der Waals surface area (Å²) in [4.78, 5) is 0. The zero-order chi connectivity index (χ0) is 17.1. The number of aliphatic hydroxyl groups is 3. The minimum atomic E-state index is -0.273. The fraction of sp³-hybridized carbons (Fsp3) is 1.00. The van der Waals surface area contributed by atoms with Crippen molar-refractivity contribution in [2.75, 3.05) is 41.2 Å². The summed E-state index contributed by atoms with van der Waals surface area (Å²) in [5.74, 6) is 0. The van der Waals surface area contributed by atoms with Crippen molar-refractivity contribution in [3.05, 3.63) is 0 Å². The second kappa shape index (κ2) is 31.0. The Balaban J connectivity index is -0.0000000675. The molecule has 8 heteroatoms. The molecule has 0 rings (SSSR count). The molecule has 0 aromatic heterocycles. The topological polar surface area (TPSA) is 88.4 Å². The molecule has 0 aliphatic carbocycles. The van der Waals surface area contributed by atoms with E-state index in [1.165, 1.54) is 0 Å². The van der Waals surface area contributed by atoms with Crippen molar-refractivity contribution in [2.45, 2.75) is 58.3 Å². The standard InChI is InChI=1S/3C5H12O2.2W/c1-3-5(6)4-7-2;2*1-3-5(4-6)7-2;;/h3*5-6H,3-4H2,1-2H3;;. The predicted octanol–water partition coefficient (Wildman–Crippen LogP) is 1.21. The van der Waals surface area contributed by atoms with Crippen LogP contribution in [0.1, 0.15) is 40.0 Å². The maximum Gasteiger partial charge on any atom is 0.0799 e. The van der Waals surface area contributed by atoms with E-state index in [4.69, 9.17) is 24.8 Å². The van der Waals surface area contributed by atoms with Crippen LogP contribution in [-0.4, -0.2) is 74.8 Å². The number of hydrogen-bond acceptors (Lipinski definition) is 6. The van der Waals surface area contributed by atoms with Crippen molar-refractivity contribution in [2.24, 2.45) is 0 Å². The zero-order valence-electron chi connectivity index (χ0n) is 15.4. The van der Waals surface area contributed by atoms with Crippen molar-refractivity contribution in [1.82, 2.24) is 0 Å². The zero-order valence-corrected chi connectivity index (χ0v) is 21.2. The van der Waals surface area contributed by atoms with Crippen LogP contribution in [0.4, 0.5) is 0 Å². The van der Waals surface area contributed by atoms with Crippen molar-refractivity contribution >= 4 is 0 Å². The summed E-state index contributed by atoms with van der Waals surface area (Å²) >= 11 is 0. The van der Waals surface area contributed by atoms with E-state index in [1.54, 1.807) is 21.3 Å². The molecule has 0 heterocycles. The summed E-state index contributed by atoms with van der Waals surface area (Å²) in [5.41, 5.74) is 0. The fourth-order valence-corrected chi connectivity index (χ4v) is 1.05. The van der Waals surface area contributed by atoms with Gasteiger partial charge in [0.1, 0.15) is 0 Å². The molecular formula is C15H36O6W2. The van der Waals surface area contributed by atoms with E-state index in [1.807, 2.05) is 20.8 Å². The second-order valence-electron chi connectivity index (χ2n) is 4.41. The molecule has 0 aromatic rings. The molecule has 0 aliphatic rings. The van der Waals surface area contributed by atoms with Crippen molar-refractivity contribution < 1.29 is 71.7 Å². The first-order chi connectivity index (χ1) is 10.0. The normalized spacial score (nSPS) is 12.9. The molecule has 3 unspecified atom stereocenters. The molecule has 0 aliphatic heterocycles. The Morgan fingerprint density at radius 3 is 1.13 bits per heavy atom.